The number of amides is 1. The van der Waals surface area contributed by atoms with Crippen LogP contribution in [0, 0.1) is 6.92 Å². The highest BCUT2D eigenvalue weighted by Crippen LogP contribution is 2.11. The fraction of sp³-hybridized carbons (Fsp3) is 0.357. The Hall–Kier alpha value is -1.88. The van der Waals surface area contributed by atoms with E-state index in [9.17, 15) is 4.79 Å². The molecule has 0 aromatic carbocycles. The molecule has 0 radical (unpaired) electrons. The minimum Gasteiger partial charge on any atom is -0.348 e. The van der Waals surface area contributed by atoms with Crippen molar-refractivity contribution in [2.24, 2.45) is 7.05 Å². The third-order valence-electron chi connectivity index (χ3n) is 2.95. The monoisotopic (exact) mass is 292 g/mol. The third-order valence-corrected chi connectivity index (χ3v) is 3.14. The van der Waals surface area contributed by atoms with Crippen LogP contribution in [0.2, 0.25) is 5.15 Å². The van der Waals surface area contributed by atoms with Crippen LogP contribution in [0.5, 0.6) is 0 Å². The second-order valence-corrected chi connectivity index (χ2v) is 5.02. The molecule has 0 bridgehead atoms. The molecule has 0 aliphatic heterocycles. The van der Waals surface area contributed by atoms with Crippen molar-refractivity contribution >= 4 is 17.5 Å². The van der Waals surface area contributed by atoms with Gasteiger partial charge in [0.15, 0.2) is 0 Å². The highest BCUT2D eigenvalue weighted by molar-refractivity contribution is 6.29. The molecule has 2 rings (SSSR count). The second kappa shape index (κ2) is 6.05. The molecule has 2 aromatic heterocycles. The first-order valence-corrected chi connectivity index (χ1v) is 6.81. The summed E-state index contributed by atoms with van der Waals surface area (Å²) in [5, 5.41) is 7.55. The first kappa shape index (κ1) is 14.5. The van der Waals surface area contributed by atoms with E-state index in [-0.39, 0.29) is 5.91 Å². The van der Waals surface area contributed by atoms with E-state index in [4.69, 9.17) is 11.6 Å². The molecule has 6 heteroatoms. The number of aryl methyl sites for hydroxylation is 3. The van der Waals surface area contributed by atoms with E-state index in [0.29, 0.717) is 17.3 Å². The normalized spacial score (nSPS) is 10.6. The lowest BCUT2D eigenvalue weighted by Crippen LogP contribution is -2.23. The Kier molecular flexibility index (Phi) is 4.39. The summed E-state index contributed by atoms with van der Waals surface area (Å²) < 4.78 is 1.76. The predicted molar refractivity (Wildman–Crippen MR) is 77.7 cm³/mol. The molecular formula is C14H17ClN4O. The van der Waals surface area contributed by atoms with E-state index >= 15 is 0 Å². The summed E-state index contributed by atoms with van der Waals surface area (Å²) in [6, 6.07) is 3.28. The van der Waals surface area contributed by atoms with E-state index in [1.165, 1.54) is 0 Å². The molecule has 0 saturated carbocycles. The Bertz CT molecular complexity index is 616. The van der Waals surface area contributed by atoms with E-state index in [1.807, 2.05) is 20.2 Å². The van der Waals surface area contributed by atoms with Crippen LogP contribution in [0.15, 0.2) is 18.3 Å². The van der Waals surface area contributed by atoms with Crippen molar-refractivity contribution in [2.45, 2.75) is 26.8 Å². The maximum Gasteiger partial charge on any atom is 0.251 e. The van der Waals surface area contributed by atoms with Crippen molar-refractivity contribution in [2.75, 3.05) is 0 Å². The average Bonchev–Trinajstić information content (AvgIpc) is 2.75. The van der Waals surface area contributed by atoms with Crippen LogP contribution in [0.1, 0.15) is 34.2 Å². The van der Waals surface area contributed by atoms with E-state index in [0.717, 1.165) is 23.4 Å². The van der Waals surface area contributed by atoms with E-state index < -0.39 is 0 Å². The van der Waals surface area contributed by atoms with Crippen LogP contribution < -0.4 is 5.32 Å². The minimum absolute atomic E-state index is 0.164. The van der Waals surface area contributed by atoms with Gasteiger partial charge in [-0.1, -0.05) is 18.5 Å². The molecule has 0 atom stereocenters. The first-order valence-electron chi connectivity index (χ1n) is 6.43. The molecule has 0 aliphatic carbocycles. The van der Waals surface area contributed by atoms with Crippen molar-refractivity contribution in [1.82, 2.24) is 20.1 Å². The maximum atomic E-state index is 12.1. The van der Waals surface area contributed by atoms with Gasteiger partial charge in [-0.2, -0.15) is 5.10 Å². The van der Waals surface area contributed by atoms with Crippen LogP contribution in [0.4, 0.5) is 0 Å². The number of hydrogen-bond donors (Lipinski definition) is 1. The summed E-state index contributed by atoms with van der Waals surface area (Å²) in [4.78, 5) is 16.1. The first-order chi connectivity index (χ1) is 9.49. The van der Waals surface area contributed by atoms with Gasteiger partial charge in [-0.05, 0) is 25.5 Å². The minimum atomic E-state index is -0.164. The standard InChI is InChI=1S/C14H17ClN4O/c1-4-12-11(8-19(3)18-12)7-16-14(20)10-5-9(2)17-13(15)6-10/h5-6,8H,4,7H2,1-3H3,(H,16,20). The Morgan fingerprint density at radius 1 is 1.45 bits per heavy atom. The number of pyridine rings is 1. The van der Waals surface area contributed by atoms with Gasteiger partial charge in [-0.3, -0.25) is 9.48 Å². The zero-order valence-electron chi connectivity index (χ0n) is 11.8. The Morgan fingerprint density at radius 2 is 2.20 bits per heavy atom. The Morgan fingerprint density at radius 3 is 2.85 bits per heavy atom. The van der Waals surface area contributed by atoms with Gasteiger partial charge in [0.1, 0.15) is 5.15 Å². The smallest absolute Gasteiger partial charge is 0.251 e. The summed E-state index contributed by atoms with van der Waals surface area (Å²) in [5.41, 5.74) is 3.26. The second-order valence-electron chi connectivity index (χ2n) is 4.63. The molecule has 0 unspecified atom stereocenters. The van der Waals surface area contributed by atoms with Crippen LogP contribution in [-0.4, -0.2) is 20.7 Å². The average molecular weight is 293 g/mol. The topological polar surface area (TPSA) is 59.8 Å². The number of carbonyl (C=O) groups excluding carboxylic acids is 1. The largest absolute Gasteiger partial charge is 0.348 e. The van der Waals surface area contributed by atoms with Gasteiger partial charge in [-0.15, -0.1) is 0 Å². The summed E-state index contributed by atoms with van der Waals surface area (Å²) in [6.45, 7) is 4.30. The third kappa shape index (κ3) is 3.36. The number of hydrogen-bond acceptors (Lipinski definition) is 3. The van der Waals surface area contributed by atoms with Crippen LogP contribution in [-0.2, 0) is 20.0 Å². The van der Waals surface area contributed by atoms with Gasteiger partial charge in [0.25, 0.3) is 5.91 Å². The SMILES string of the molecule is CCc1nn(C)cc1CNC(=O)c1cc(C)nc(Cl)c1. The van der Waals surface area contributed by atoms with Crippen LogP contribution >= 0.6 is 11.6 Å². The van der Waals surface area contributed by atoms with E-state index in [2.05, 4.69) is 15.4 Å². The molecule has 0 fully saturated rings. The lowest BCUT2D eigenvalue weighted by molar-refractivity contribution is 0.0950. The van der Waals surface area contributed by atoms with Crippen molar-refractivity contribution in [3.05, 3.63) is 46.0 Å². The molecule has 0 aliphatic rings. The van der Waals surface area contributed by atoms with Gasteiger partial charge in [0, 0.05) is 36.6 Å². The Balaban J connectivity index is 2.08. The number of halogens is 1. The van der Waals surface area contributed by atoms with Crippen LogP contribution in [0.3, 0.4) is 0 Å². The van der Waals surface area contributed by atoms with Crippen molar-refractivity contribution in [1.29, 1.82) is 0 Å². The molecule has 1 amide bonds. The number of nitrogens with zero attached hydrogens (tertiary/aromatic N) is 3. The number of carbonyl (C=O) groups is 1. The Labute approximate surface area is 123 Å². The lowest BCUT2D eigenvalue weighted by Gasteiger charge is -2.06. The molecule has 106 valence electrons. The molecule has 5 nitrogen and oxygen atoms in total. The quantitative estimate of drug-likeness (QED) is 0.880. The summed E-state index contributed by atoms with van der Waals surface area (Å²) >= 11 is 5.86. The van der Waals surface area contributed by atoms with Gasteiger partial charge >= 0.3 is 0 Å². The van der Waals surface area contributed by atoms with Crippen molar-refractivity contribution in [3.63, 3.8) is 0 Å². The zero-order chi connectivity index (χ0) is 14.7. The van der Waals surface area contributed by atoms with Gasteiger partial charge in [-0.25, -0.2) is 4.98 Å². The number of nitrogens with one attached hydrogen (secondary N) is 1. The fourth-order valence-corrected chi connectivity index (χ4v) is 2.32. The van der Waals surface area contributed by atoms with E-state index in [1.54, 1.807) is 23.7 Å². The summed E-state index contributed by atoms with van der Waals surface area (Å²) in [6.07, 6.45) is 2.76. The van der Waals surface area contributed by atoms with Gasteiger partial charge in [0.05, 0.1) is 5.69 Å². The zero-order valence-corrected chi connectivity index (χ0v) is 12.5. The molecular weight excluding hydrogens is 276 g/mol. The maximum absolute atomic E-state index is 12.1. The molecule has 1 N–H and O–H groups in total. The number of rotatable bonds is 4. The summed E-state index contributed by atoms with van der Waals surface area (Å²) in [5.74, 6) is -0.164. The van der Waals surface area contributed by atoms with Crippen LogP contribution in [0.25, 0.3) is 0 Å². The lowest BCUT2D eigenvalue weighted by atomic mass is 10.2. The molecule has 2 aromatic rings. The summed E-state index contributed by atoms with van der Waals surface area (Å²) in [7, 11) is 1.87. The van der Waals surface area contributed by atoms with Crippen molar-refractivity contribution < 1.29 is 4.79 Å². The van der Waals surface area contributed by atoms with Gasteiger partial charge < -0.3 is 5.32 Å². The number of aromatic nitrogens is 3. The highest BCUT2D eigenvalue weighted by Gasteiger charge is 2.10. The molecule has 2 heterocycles. The highest BCUT2D eigenvalue weighted by atomic mass is 35.5. The van der Waals surface area contributed by atoms with Crippen molar-refractivity contribution in [3.8, 4) is 0 Å². The molecule has 20 heavy (non-hydrogen) atoms. The fourth-order valence-electron chi connectivity index (χ4n) is 2.07. The predicted octanol–water partition coefficient (Wildman–Crippen LogP) is 2.27. The molecule has 0 spiro atoms. The molecule has 0 saturated heterocycles. The van der Waals surface area contributed by atoms with Gasteiger partial charge in [0.2, 0.25) is 0 Å².